The third-order valence-electron chi connectivity index (χ3n) is 8.63. The second kappa shape index (κ2) is 13.5. The van der Waals surface area contributed by atoms with Gasteiger partial charge >= 0.3 is 0 Å². The van der Waals surface area contributed by atoms with Gasteiger partial charge in [-0.3, -0.25) is 14.5 Å². The molecule has 3 aromatic carbocycles. The number of rotatable bonds is 10. The number of nitrogens with one attached hydrogen (secondary N) is 2. The van der Waals surface area contributed by atoms with Gasteiger partial charge in [-0.25, -0.2) is 0 Å². The Balaban J connectivity index is 1.41. The van der Waals surface area contributed by atoms with Crippen molar-refractivity contribution >= 4 is 57.7 Å². The predicted molar refractivity (Wildman–Crippen MR) is 177 cm³/mol. The van der Waals surface area contributed by atoms with E-state index in [1.54, 1.807) is 0 Å². The van der Waals surface area contributed by atoms with Crippen molar-refractivity contribution in [3.05, 3.63) is 100 Å². The fourth-order valence-electron chi connectivity index (χ4n) is 6.39. The summed E-state index contributed by atoms with van der Waals surface area (Å²) in [5, 5.41) is 5.43. The largest absolute Gasteiger partial charge is 0.379 e. The van der Waals surface area contributed by atoms with E-state index in [-0.39, 0.29) is 24.3 Å². The Morgan fingerprint density at radius 1 is 1.07 bits per heavy atom. The Morgan fingerprint density at radius 3 is 2.55 bits per heavy atom. The average Bonchev–Trinajstić information content (AvgIpc) is 3.57. The molecule has 2 N–H and O–H groups in total. The van der Waals surface area contributed by atoms with Gasteiger partial charge in [0.05, 0.1) is 31.7 Å². The number of amides is 2. The Labute approximate surface area is 272 Å². The maximum Gasteiger partial charge on any atom is 0.239 e. The number of carbonyl (C=O) groups is 2. The quantitative estimate of drug-likeness (QED) is 0.183. The van der Waals surface area contributed by atoms with E-state index in [0.717, 1.165) is 66.2 Å². The number of likely N-dealkylation sites (tertiary alicyclic amines) is 1. The zero-order valence-corrected chi connectivity index (χ0v) is 26.9. The third kappa shape index (κ3) is 6.37. The Hall–Kier alpha value is -3.01. The summed E-state index contributed by atoms with van der Waals surface area (Å²) in [5.41, 5.74) is 2.69. The highest BCUT2D eigenvalue weighted by molar-refractivity contribution is 8.01. The summed E-state index contributed by atoms with van der Waals surface area (Å²) < 4.78 is 4.34. The van der Waals surface area contributed by atoms with Crippen molar-refractivity contribution in [2.24, 2.45) is 0 Å². The smallest absolute Gasteiger partial charge is 0.239 e. The molecule has 2 unspecified atom stereocenters. The highest BCUT2D eigenvalue weighted by Crippen LogP contribution is 2.56. The number of hydrogen-bond acceptors (Lipinski definition) is 5. The van der Waals surface area contributed by atoms with E-state index in [4.69, 9.17) is 27.9 Å². The fourth-order valence-corrected chi connectivity index (χ4v) is 8.12. The van der Waals surface area contributed by atoms with Gasteiger partial charge in [0.1, 0.15) is 4.75 Å². The van der Waals surface area contributed by atoms with Crippen LogP contribution in [-0.4, -0.2) is 70.7 Å². The number of fused-ring (bicyclic) bond motifs is 1. The molecule has 3 atom stereocenters. The maximum absolute atomic E-state index is 14.6. The molecule has 0 spiro atoms. The summed E-state index contributed by atoms with van der Waals surface area (Å²) in [6.07, 6.45) is 2.80. The summed E-state index contributed by atoms with van der Waals surface area (Å²) in [7, 11) is 0. The molecule has 6 rings (SSSR count). The first kappa shape index (κ1) is 31.0. The van der Waals surface area contributed by atoms with Gasteiger partial charge in [-0.15, -0.1) is 11.8 Å². The van der Waals surface area contributed by atoms with Gasteiger partial charge in [-0.05, 0) is 61.9 Å². The van der Waals surface area contributed by atoms with Gasteiger partial charge < -0.3 is 19.9 Å². The number of aromatic nitrogens is 1. The molecule has 0 bridgehead atoms. The highest BCUT2D eigenvalue weighted by atomic mass is 35.5. The van der Waals surface area contributed by atoms with E-state index in [1.807, 2.05) is 90.8 Å². The summed E-state index contributed by atoms with van der Waals surface area (Å²) in [6.45, 7) is 6.71. The van der Waals surface area contributed by atoms with Crippen molar-refractivity contribution in [3.63, 3.8) is 0 Å². The van der Waals surface area contributed by atoms with Gasteiger partial charge in [0, 0.05) is 57.2 Å². The van der Waals surface area contributed by atoms with Crippen molar-refractivity contribution in [3.8, 4) is 0 Å². The van der Waals surface area contributed by atoms with E-state index in [1.165, 1.54) is 11.8 Å². The number of nitrogens with zero attached hydrogens (tertiary/aromatic N) is 2. The molecule has 0 radical (unpaired) electrons. The third-order valence-corrected chi connectivity index (χ3v) is 10.5. The number of carbonyl (C=O) groups excluding carboxylic acids is 2. The number of hydrogen-bond donors (Lipinski definition) is 2. The monoisotopic (exact) mass is 650 g/mol. The Kier molecular flexibility index (Phi) is 9.54. The summed E-state index contributed by atoms with van der Waals surface area (Å²) >= 11 is 14.0. The van der Waals surface area contributed by atoms with E-state index in [9.17, 15) is 9.59 Å². The topological polar surface area (TPSA) is 77.7 Å². The molecule has 4 aromatic rings. The number of thioether (sulfide) groups is 1. The van der Waals surface area contributed by atoms with Crippen molar-refractivity contribution in [2.45, 2.75) is 41.5 Å². The SMILES string of the molecule is C[C@H](c1ccc(Cl)cc1)N1C(=O)CC(Sc2ccccc2)(C(=O)NCCCN2CCOCC2)C1c1c[nH]c2cc(Cl)ccc12. The summed E-state index contributed by atoms with van der Waals surface area (Å²) in [4.78, 5) is 37.4. The molecular weight excluding hydrogens is 615 g/mol. The first-order chi connectivity index (χ1) is 21.4. The number of aromatic amines is 1. The fraction of sp³-hybridized carbons (Fsp3) is 0.353. The molecule has 2 aliphatic rings. The highest BCUT2D eigenvalue weighted by Gasteiger charge is 2.59. The zero-order chi connectivity index (χ0) is 30.7. The lowest BCUT2D eigenvalue weighted by atomic mass is 9.90. The maximum atomic E-state index is 14.6. The molecule has 230 valence electrons. The second-order valence-corrected chi connectivity index (χ2v) is 13.7. The molecule has 3 heterocycles. The van der Waals surface area contributed by atoms with Crippen LogP contribution in [0.15, 0.2) is 83.9 Å². The first-order valence-electron chi connectivity index (χ1n) is 15.0. The number of morpholine rings is 1. The molecule has 44 heavy (non-hydrogen) atoms. The van der Waals surface area contributed by atoms with Crippen LogP contribution in [0.1, 0.15) is 43.0 Å². The average molecular weight is 652 g/mol. The van der Waals surface area contributed by atoms with Crippen molar-refractivity contribution < 1.29 is 14.3 Å². The van der Waals surface area contributed by atoms with Crippen LogP contribution in [0.4, 0.5) is 0 Å². The van der Waals surface area contributed by atoms with Crippen LogP contribution in [0, 0.1) is 0 Å². The van der Waals surface area contributed by atoms with E-state index in [2.05, 4.69) is 15.2 Å². The minimum atomic E-state index is -1.13. The molecule has 0 aliphatic carbocycles. The van der Waals surface area contributed by atoms with Gasteiger partial charge in [0.25, 0.3) is 0 Å². The van der Waals surface area contributed by atoms with Crippen LogP contribution >= 0.6 is 35.0 Å². The van der Waals surface area contributed by atoms with Gasteiger partial charge in [-0.2, -0.15) is 0 Å². The Bertz CT molecular complexity index is 1610. The standard InChI is InChI=1S/C34H36Cl2N4O3S/c1-23(24-8-10-25(35)11-9-24)40-31(41)21-34(44-27-6-3-2-4-7-27,33(42)37-14-5-15-39-16-18-43-19-17-39)32(40)29-22-38-30-20-26(36)12-13-28(29)30/h2-4,6-13,20,22-23,32,38H,5,14-19,21H2,1H3,(H,37,42)/t23-,32?,34?/m1/s1. The minimum Gasteiger partial charge on any atom is -0.379 e. The lowest BCUT2D eigenvalue weighted by molar-refractivity contribution is -0.131. The Morgan fingerprint density at radius 2 is 1.80 bits per heavy atom. The second-order valence-electron chi connectivity index (χ2n) is 11.4. The molecule has 2 saturated heterocycles. The molecule has 2 fully saturated rings. The minimum absolute atomic E-state index is 0.0602. The molecule has 2 amide bonds. The van der Waals surface area contributed by atoms with Crippen molar-refractivity contribution in [1.29, 1.82) is 0 Å². The van der Waals surface area contributed by atoms with Crippen molar-refractivity contribution in [1.82, 2.24) is 20.1 Å². The van der Waals surface area contributed by atoms with Crippen molar-refractivity contribution in [2.75, 3.05) is 39.4 Å². The number of H-pyrrole nitrogens is 1. The number of halogens is 2. The van der Waals surface area contributed by atoms with Gasteiger partial charge in [0.2, 0.25) is 11.8 Å². The first-order valence-corrected chi connectivity index (χ1v) is 16.6. The van der Waals surface area contributed by atoms with Gasteiger partial charge in [0.15, 0.2) is 0 Å². The predicted octanol–water partition coefficient (Wildman–Crippen LogP) is 6.88. The number of ether oxygens (including phenoxy) is 1. The summed E-state index contributed by atoms with van der Waals surface area (Å²) in [6, 6.07) is 22.3. The normalized spacial score (nSPS) is 21.6. The molecule has 0 saturated carbocycles. The van der Waals surface area contributed by atoms with Crippen LogP contribution in [0.2, 0.25) is 10.0 Å². The van der Waals surface area contributed by atoms with Crippen LogP contribution in [0.5, 0.6) is 0 Å². The molecule has 7 nitrogen and oxygen atoms in total. The lowest BCUT2D eigenvalue weighted by Gasteiger charge is -2.39. The summed E-state index contributed by atoms with van der Waals surface area (Å²) in [5.74, 6) is -0.214. The van der Waals surface area contributed by atoms with Crippen LogP contribution in [-0.2, 0) is 14.3 Å². The number of benzene rings is 3. The van der Waals surface area contributed by atoms with Crippen LogP contribution in [0.3, 0.4) is 0 Å². The van der Waals surface area contributed by atoms with Crippen LogP contribution < -0.4 is 5.32 Å². The zero-order valence-electron chi connectivity index (χ0n) is 24.6. The van der Waals surface area contributed by atoms with E-state index >= 15 is 0 Å². The van der Waals surface area contributed by atoms with Crippen LogP contribution in [0.25, 0.3) is 10.9 Å². The van der Waals surface area contributed by atoms with E-state index < -0.39 is 10.8 Å². The molecule has 2 aliphatic heterocycles. The van der Waals surface area contributed by atoms with Gasteiger partial charge in [-0.1, -0.05) is 59.6 Å². The molecular formula is C34H36Cl2N4O3S. The van der Waals surface area contributed by atoms with E-state index in [0.29, 0.717) is 16.6 Å². The molecule has 10 heteroatoms. The lowest BCUT2D eigenvalue weighted by Crippen LogP contribution is -2.49. The molecule has 1 aromatic heterocycles.